The van der Waals surface area contributed by atoms with Crippen LogP contribution in [-0.2, 0) is 4.79 Å². The summed E-state index contributed by atoms with van der Waals surface area (Å²) in [5.74, 6) is 1.26. The smallest absolute Gasteiger partial charge is 0.230 e. The Morgan fingerprint density at radius 2 is 1.97 bits per heavy atom. The fourth-order valence-corrected chi connectivity index (χ4v) is 6.47. The number of hydrogen-bond acceptors (Lipinski definition) is 7. The van der Waals surface area contributed by atoms with Crippen LogP contribution in [0.5, 0.6) is 0 Å². The average molecular weight is 443 g/mol. The number of thioether (sulfide) groups is 1. The molecule has 7 nitrogen and oxygen atoms in total. The molecular formula is C21H26N6OS2. The van der Waals surface area contributed by atoms with Crippen molar-refractivity contribution in [3.63, 3.8) is 0 Å². The fourth-order valence-electron chi connectivity index (χ4n) is 4.61. The number of thiophene rings is 1. The molecule has 0 saturated heterocycles. The minimum absolute atomic E-state index is 0.0833. The van der Waals surface area contributed by atoms with Gasteiger partial charge in [0, 0.05) is 23.7 Å². The van der Waals surface area contributed by atoms with Gasteiger partial charge in [-0.1, -0.05) is 37.4 Å². The van der Waals surface area contributed by atoms with Crippen molar-refractivity contribution >= 4 is 44.9 Å². The summed E-state index contributed by atoms with van der Waals surface area (Å²) in [5, 5.41) is 13.9. The van der Waals surface area contributed by atoms with E-state index in [9.17, 15) is 4.79 Å². The van der Waals surface area contributed by atoms with Crippen molar-refractivity contribution in [1.29, 1.82) is 0 Å². The number of amides is 1. The van der Waals surface area contributed by atoms with Gasteiger partial charge in [-0.05, 0) is 37.8 Å². The van der Waals surface area contributed by atoms with Gasteiger partial charge in [-0.25, -0.2) is 4.98 Å². The number of rotatable bonds is 6. The summed E-state index contributed by atoms with van der Waals surface area (Å²) in [6, 6.07) is 4.60. The molecule has 0 spiro atoms. The summed E-state index contributed by atoms with van der Waals surface area (Å²) in [6.07, 6.45) is 11.0. The Balaban J connectivity index is 1.42. The van der Waals surface area contributed by atoms with Gasteiger partial charge in [-0.15, -0.1) is 21.5 Å². The van der Waals surface area contributed by atoms with Crippen LogP contribution in [0.3, 0.4) is 0 Å². The SMILES string of the molecule is Nc1c(-c2nnc(SCC(=O)NC3CCCC3)n2C2CCCC2)sc2ncccc12. The maximum Gasteiger partial charge on any atom is 0.230 e. The second kappa shape index (κ2) is 8.55. The van der Waals surface area contributed by atoms with Gasteiger partial charge in [0.2, 0.25) is 5.91 Å². The number of nitrogen functional groups attached to an aromatic ring is 1. The normalized spacial score (nSPS) is 17.9. The van der Waals surface area contributed by atoms with E-state index in [1.54, 1.807) is 17.5 Å². The van der Waals surface area contributed by atoms with Crippen molar-refractivity contribution in [2.75, 3.05) is 11.5 Å². The lowest BCUT2D eigenvalue weighted by molar-refractivity contribution is -0.119. The summed E-state index contributed by atoms with van der Waals surface area (Å²) in [7, 11) is 0. The molecule has 0 atom stereocenters. The predicted octanol–water partition coefficient (Wildman–Crippen LogP) is 4.40. The van der Waals surface area contributed by atoms with Crippen LogP contribution in [0.2, 0.25) is 0 Å². The van der Waals surface area contributed by atoms with Gasteiger partial charge in [0.25, 0.3) is 0 Å². The van der Waals surface area contributed by atoms with E-state index in [1.165, 1.54) is 37.4 Å². The number of pyridine rings is 1. The van der Waals surface area contributed by atoms with Gasteiger partial charge >= 0.3 is 0 Å². The third-order valence-electron chi connectivity index (χ3n) is 6.11. The van der Waals surface area contributed by atoms with Gasteiger partial charge in [-0.2, -0.15) is 0 Å². The van der Waals surface area contributed by atoms with Crippen LogP contribution < -0.4 is 11.1 Å². The largest absolute Gasteiger partial charge is 0.397 e. The summed E-state index contributed by atoms with van der Waals surface area (Å²) in [4.78, 5) is 18.7. The molecule has 0 bridgehead atoms. The van der Waals surface area contributed by atoms with E-state index < -0.39 is 0 Å². The first-order valence-electron chi connectivity index (χ1n) is 10.7. The second-order valence-corrected chi connectivity index (χ2v) is 10.1. The third-order valence-corrected chi connectivity index (χ3v) is 8.18. The van der Waals surface area contributed by atoms with Crippen LogP contribution in [0.1, 0.15) is 57.4 Å². The molecule has 0 unspecified atom stereocenters. The van der Waals surface area contributed by atoms with E-state index in [1.807, 2.05) is 12.1 Å². The zero-order valence-electron chi connectivity index (χ0n) is 16.8. The highest BCUT2D eigenvalue weighted by Gasteiger charge is 2.28. The van der Waals surface area contributed by atoms with Crippen LogP contribution in [-0.4, -0.2) is 37.5 Å². The van der Waals surface area contributed by atoms with Gasteiger partial charge in [0.15, 0.2) is 11.0 Å². The van der Waals surface area contributed by atoms with Crippen LogP contribution in [0, 0.1) is 0 Å². The number of aromatic nitrogens is 4. The molecule has 3 N–H and O–H groups in total. The molecule has 0 aromatic carbocycles. The van der Waals surface area contributed by atoms with Crippen LogP contribution in [0.25, 0.3) is 20.9 Å². The fraction of sp³-hybridized carbons (Fsp3) is 0.524. The summed E-state index contributed by atoms with van der Waals surface area (Å²) in [5.41, 5.74) is 7.19. The molecule has 5 rings (SSSR count). The second-order valence-electron chi connectivity index (χ2n) is 8.15. The highest BCUT2D eigenvalue weighted by Crippen LogP contribution is 2.43. The molecular weight excluding hydrogens is 416 g/mol. The molecule has 9 heteroatoms. The summed E-state index contributed by atoms with van der Waals surface area (Å²) >= 11 is 3.04. The van der Waals surface area contributed by atoms with Crippen LogP contribution in [0.4, 0.5) is 5.69 Å². The van der Waals surface area contributed by atoms with Crippen LogP contribution in [0.15, 0.2) is 23.5 Å². The molecule has 1 amide bonds. The summed E-state index contributed by atoms with van der Waals surface area (Å²) in [6.45, 7) is 0. The number of hydrogen-bond donors (Lipinski definition) is 2. The molecule has 158 valence electrons. The van der Waals surface area contributed by atoms with Crippen molar-refractivity contribution in [2.24, 2.45) is 0 Å². The Morgan fingerprint density at radius 3 is 2.73 bits per heavy atom. The third kappa shape index (κ3) is 3.80. The Bertz CT molecular complexity index is 1050. The first kappa shape index (κ1) is 19.8. The molecule has 0 aliphatic heterocycles. The molecule has 2 fully saturated rings. The van der Waals surface area contributed by atoms with Gasteiger partial charge < -0.3 is 11.1 Å². The maximum absolute atomic E-state index is 12.4. The van der Waals surface area contributed by atoms with E-state index in [4.69, 9.17) is 5.73 Å². The summed E-state index contributed by atoms with van der Waals surface area (Å²) < 4.78 is 2.22. The van der Waals surface area contributed by atoms with Crippen molar-refractivity contribution in [2.45, 2.75) is 68.6 Å². The number of nitrogens with two attached hydrogens (primary N) is 1. The molecule has 3 heterocycles. The molecule has 2 saturated carbocycles. The number of anilines is 1. The maximum atomic E-state index is 12.4. The Hall–Kier alpha value is -2.13. The van der Waals surface area contributed by atoms with Gasteiger partial charge in [0.1, 0.15) is 4.83 Å². The number of nitrogens with zero attached hydrogens (tertiary/aromatic N) is 4. The zero-order valence-corrected chi connectivity index (χ0v) is 18.5. The zero-order chi connectivity index (χ0) is 20.5. The molecule has 3 aromatic rings. The number of carbonyl (C=O) groups excluding carboxylic acids is 1. The molecule has 2 aliphatic rings. The van der Waals surface area contributed by atoms with Crippen molar-refractivity contribution < 1.29 is 4.79 Å². The lowest BCUT2D eigenvalue weighted by Gasteiger charge is -2.17. The van der Waals surface area contributed by atoms with Crippen LogP contribution >= 0.6 is 23.1 Å². The van der Waals surface area contributed by atoms with Crippen molar-refractivity contribution in [3.05, 3.63) is 18.3 Å². The van der Waals surface area contributed by atoms with Crippen molar-refractivity contribution in [1.82, 2.24) is 25.1 Å². The average Bonchev–Trinajstić information content (AvgIpc) is 3.54. The molecule has 30 heavy (non-hydrogen) atoms. The van der Waals surface area contributed by atoms with E-state index in [0.29, 0.717) is 23.5 Å². The minimum atomic E-state index is 0.0833. The van der Waals surface area contributed by atoms with E-state index >= 15 is 0 Å². The number of fused-ring (bicyclic) bond motifs is 1. The first-order valence-corrected chi connectivity index (χ1v) is 12.5. The topological polar surface area (TPSA) is 98.7 Å². The van der Waals surface area contributed by atoms with E-state index in [0.717, 1.165) is 51.8 Å². The van der Waals surface area contributed by atoms with E-state index in [2.05, 4.69) is 25.1 Å². The quantitative estimate of drug-likeness (QED) is 0.549. The number of nitrogens with one attached hydrogen (secondary N) is 1. The lowest BCUT2D eigenvalue weighted by atomic mass is 10.2. The van der Waals surface area contributed by atoms with Gasteiger partial charge in [0.05, 0.1) is 16.3 Å². The Morgan fingerprint density at radius 1 is 1.20 bits per heavy atom. The highest BCUT2D eigenvalue weighted by atomic mass is 32.2. The monoisotopic (exact) mass is 442 g/mol. The Kier molecular flexibility index (Phi) is 5.64. The van der Waals surface area contributed by atoms with Gasteiger partial charge in [-0.3, -0.25) is 9.36 Å². The van der Waals surface area contributed by atoms with E-state index in [-0.39, 0.29) is 5.91 Å². The highest BCUT2D eigenvalue weighted by molar-refractivity contribution is 7.99. The number of carbonyl (C=O) groups is 1. The standard InChI is InChI=1S/C21H26N6OS2/c22-17-15-10-5-11-23-20(15)30-18(17)19-25-26-21(27(19)14-8-3-4-9-14)29-12-16(28)24-13-6-1-2-7-13/h5,10-11,13-14H,1-4,6-9,12,22H2,(H,24,28). The predicted molar refractivity (Wildman–Crippen MR) is 122 cm³/mol. The first-order chi connectivity index (χ1) is 14.7. The lowest BCUT2D eigenvalue weighted by Crippen LogP contribution is -2.33. The minimum Gasteiger partial charge on any atom is -0.397 e. The molecule has 2 aliphatic carbocycles. The Labute approximate surface area is 183 Å². The molecule has 0 radical (unpaired) electrons. The van der Waals surface area contributed by atoms with Crippen molar-refractivity contribution in [3.8, 4) is 10.7 Å². The molecule has 3 aromatic heterocycles.